The lowest BCUT2D eigenvalue weighted by molar-refractivity contribution is 0.402. The molecule has 0 spiro atoms. The lowest BCUT2D eigenvalue weighted by Crippen LogP contribution is -2.29. The molecule has 7 heteroatoms. The van der Waals surface area contributed by atoms with E-state index in [1.54, 1.807) is 23.9 Å². The van der Waals surface area contributed by atoms with Crippen LogP contribution in [0.3, 0.4) is 0 Å². The number of hydrogen-bond donors (Lipinski definition) is 2. The molecule has 0 aliphatic carbocycles. The molecule has 5 nitrogen and oxygen atoms in total. The number of sulfonamides is 1. The molecule has 1 atom stereocenters. The Bertz CT molecular complexity index is 633. The van der Waals surface area contributed by atoms with Gasteiger partial charge in [-0.05, 0) is 24.5 Å². The average Bonchev–Trinajstić information content (AvgIpc) is 2.50. The molecule has 1 aromatic rings. The number of benzene rings is 1. The van der Waals surface area contributed by atoms with Gasteiger partial charge in [-0.25, -0.2) is 13.1 Å². The number of thioether (sulfide) groups is 1. The Hall–Kier alpha value is -1.20. The topological polar surface area (TPSA) is 81.4 Å². The maximum Gasteiger partial charge on any atom is 0.244 e. The number of ether oxygens (including phenoxy) is 1. The van der Waals surface area contributed by atoms with Crippen LogP contribution in [-0.4, -0.2) is 40.1 Å². The number of nitrogens with one attached hydrogen (secondary N) is 1. The highest BCUT2D eigenvalue weighted by molar-refractivity contribution is 7.99. The fourth-order valence-corrected chi connectivity index (χ4v) is 3.18. The molecule has 21 heavy (non-hydrogen) atoms. The van der Waals surface area contributed by atoms with Crippen LogP contribution >= 0.6 is 11.8 Å². The molecule has 0 aromatic heterocycles. The normalized spacial score (nSPS) is 12.4. The first-order chi connectivity index (χ1) is 9.94. The number of rotatable bonds is 6. The van der Waals surface area contributed by atoms with Gasteiger partial charge in [0.2, 0.25) is 10.0 Å². The lowest BCUT2D eigenvalue weighted by Gasteiger charge is -2.13. The second-order valence-corrected chi connectivity index (χ2v) is 7.28. The van der Waals surface area contributed by atoms with Gasteiger partial charge < -0.3 is 10.5 Å². The SMILES string of the molecule is COc1ccc(C#CCN)cc1S(=O)(=O)NCC(C)SC. The van der Waals surface area contributed by atoms with E-state index in [1.165, 1.54) is 13.2 Å². The Kier molecular flexibility index (Phi) is 7.05. The predicted octanol–water partition coefficient (Wildman–Crippen LogP) is 1.04. The Labute approximate surface area is 130 Å². The summed E-state index contributed by atoms with van der Waals surface area (Å²) in [5.41, 5.74) is 5.90. The second kappa shape index (κ2) is 8.29. The van der Waals surface area contributed by atoms with Crippen molar-refractivity contribution in [3.8, 4) is 17.6 Å². The largest absolute Gasteiger partial charge is 0.495 e. The van der Waals surface area contributed by atoms with Gasteiger partial charge in [-0.3, -0.25) is 0 Å². The zero-order valence-electron chi connectivity index (χ0n) is 12.3. The minimum absolute atomic E-state index is 0.0853. The summed E-state index contributed by atoms with van der Waals surface area (Å²) >= 11 is 1.59. The van der Waals surface area contributed by atoms with Crippen LogP contribution in [0.4, 0.5) is 0 Å². The van der Waals surface area contributed by atoms with Gasteiger partial charge in [-0.1, -0.05) is 18.8 Å². The van der Waals surface area contributed by atoms with Gasteiger partial charge in [0, 0.05) is 17.4 Å². The van der Waals surface area contributed by atoms with Crippen molar-refractivity contribution in [3.63, 3.8) is 0 Å². The van der Waals surface area contributed by atoms with Crippen LogP contribution in [0.5, 0.6) is 5.75 Å². The number of hydrogen-bond acceptors (Lipinski definition) is 5. The zero-order chi connectivity index (χ0) is 15.9. The van der Waals surface area contributed by atoms with E-state index in [1.807, 2.05) is 13.2 Å². The molecule has 0 amide bonds. The van der Waals surface area contributed by atoms with Crippen molar-refractivity contribution in [2.45, 2.75) is 17.1 Å². The van der Waals surface area contributed by atoms with Crippen molar-refractivity contribution in [1.29, 1.82) is 0 Å². The molecule has 116 valence electrons. The summed E-state index contributed by atoms with van der Waals surface area (Å²) in [6.45, 7) is 2.52. The molecular weight excluding hydrogens is 308 g/mol. The van der Waals surface area contributed by atoms with Crippen LogP contribution in [0, 0.1) is 11.8 Å². The maximum absolute atomic E-state index is 12.4. The molecular formula is C14H20N2O3S2. The zero-order valence-corrected chi connectivity index (χ0v) is 14.0. The van der Waals surface area contributed by atoms with Crippen LogP contribution in [0.15, 0.2) is 23.1 Å². The van der Waals surface area contributed by atoms with Gasteiger partial charge in [-0.15, -0.1) is 0 Å². The summed E-state index contributed by atoms with van der Waals surface area (Å²) in [6.07, 6.45) is 1.93. The second-order valence-electron chi connectivity index (χ2n) is 4.27. The van der Waals surface area contributed by atoms with Crippen LogP contribution in [0.25, 0.3) is 0 Å². The van der Waals surface area contributed by atoms with Crippen LogP contribution in [0.2, 0.25) is 0 Å². The van der Waals surface area contributed by atoms with E-state index in [0.29, 0.717) is 12.1 Å². The molecule has 0 fully saturated rings. The molecule has 1 aromatic carbocycles. The van der Waals surface area contributed by atoms with Crippen molar-refractivity contribution >= 4 is 21.8 Å². The van der Waals surface area contributed by atoms with E-state index >= 15 is 0 Å². The predicted molar refractivity (Wildman–Crippen MR) is 87.1 cm³/mol. The highest BCUT2D eigenvalue weighted by Crippen LogP contribution is 2.24. The van der Waals surface area contributed by atoms with Crippen LogP contribution in [0.1, 0.15) is 12.5 Å². The fourth-order valence-electron chi connectivity index (χ4n) is 1.51. The van der Waals surface area contributed by atoms with Gasteiger partial charge in [0.1, 0.15) is 10.6 Å². The van der Waals surface area contributed by atoms with Gasteiger partial charge in [0.15, 0.2) is 0 Å². The Morgan fingerprint density at radius 1 is 1.48 bits per heavy atom. The highest BCUT2D eigenvalue weighted by Gasteiger charge is 2.20. The van der Waals surface area contributed by atoms with Crippen molar-refractivity contribution in [3.05, 3.63) is 23.8 Å². The molecule has 0 heterocycles. The molecule has 0 aliphatic rings. The minimum Gasteiger partial charge on any atom is -0.495 e. The third-order valence-electron chi connectivity index (χ3n) is 2.75. The molecule has 1 rings (SSSR count). The average molecular weight is 328 g/mol. The van der Waals surface area contributed by atoms with E-state index in [0.717, 1.165) is 0 Å². The van der Waals surface area contributed by atoms with E-state index in [-0.39, 0.29) is 22.4 Å². The Balaban J connectivity index is 3.13. The van der Waals surface area contributed by atoms with Gasteiger partial charge in [0.25, 0.3) is 0 Å². The van der Waals surface area contributed by atoms with Crippen molar-refractivity contribution in [2.24, 2.45) is 5.73 Å². The molecule has 0 saturated heterocycles. The summed E-state index contributed by atoms with van der Waals surface area (Å²) in [7, 11) is -2.21. The van der Waals surface area contributed by atoms with Gasteiger partial charge in [-0.2, -0.15) is 11.8 Å². The highest BCUT2D eigenvalue weighted by atomic mass is 32.2. The molecule has 1 unspecified atom stereocenters. The maximum atomic E-state index is 12.4. The summed E-state index contributed by atoms with van der Waals surface area (Å²) in [5, 5.41) is 0.186. The molecule has 0 saturated carbocycles. The molecule has 0 radical (unpaired) electrons. The van der Waals surface area contributed by atoms with Crippen molar-refractivity contribution in [1.82, 2.24) is 4.72 Å². The smallest absolute Gasteiger partial charge is 0.244 e. The van der Waals surface area contributed by atoms with Crippen molar-refractivity contribution < 1.29 is 13.2 Å². The first-order valence-corrected chi connectivity index (χ1v) is 9.11. The lowest BCUT2D eigenvalue weighted by atomic mass is 10.2. The van der Waals surface area contributed by atoms with Crippen LogP contribution in [-0.2, 0) is 10.0 Å². The quantitative estimate of drug-likeness (QED) is 0.763. The van der Waals surface area contributed by atoms with Crippen LogP contribution < -0.4 is 15.2 Å². The van der Waals surface area contributed by atoms with E-state index < -0.39 is 10.0 Å². The first kappa shape index (κ1) is 17.9. The van der Waals surface area contributed by atoms with Gasteiger partial charge >= 0.3 is 0 Å². The Morgan fingerprint density at radius 2 is 2.19 bits per heavy atom. The third-order valence-corrected chi connectivity index (χ3v) is 5.17. The van der Waals surface area contributed by atoms with E-state index in [9.17, 15) is 8.42 Å². The van der Waals surface area contributed by atoms with E-state index in [4.69, 9.17) is 10.5 Å². The first-order valence-electron chi connectivity index (χ1n) is 6.34. The fraction of sp³-hybridized carbons (Fsp3) is 0.429. The molecule has 3 N–H and O–H groups in total. The molecule has 0 aliphatic heterocycles. The Morgan fingerprint density at radius 3 is 2.76 bits per heavy atom. The summed E-state index contributed by atoms with van der Waals surface area (Å²) in [6, 6.07) is 4.78. The summed E-state index contributed by atoms with van der Waals surface area (Å²) in [4.78, 5) is 0.0853. The van der Waals surface area contributed by atoms with Gasteiger partial charge in [0.05, 0.1) is 13.7 Å². The third kappa shape index (κ3) is 5.25. The minimum atomic E-state index is -3.64. The summed E-state index contributed by atoms with van der Waals surface area (Å²) < 4.78 is 32.5. The van der Waals surface area contributed by atoms with Crippen molar-refractivity contribution in [2.75, 3.05) is 26.5 Å². The standard InChI is InChI=1S/C14H20N2O3S2/c1-11(20-3)10-16-21(17,18)14-9-12(5-4-8-15)6-7-13(14)19-2/h6-7,9,11,16H,8,10,15H2,1-3H3. The van der Waals surface area contributed by atoms with E-state index in [2.05, 4.69) is 16.6 Å². The monoisotopic (exact) mass is 328 g/mol. The number of methoxy groups -OCH3 is 1. The number of nitrogens with two attached hydrogens (primary N) is 1. The molecule has 0 bridgehead atoms. The summed E-state index contributed by atoms with van der Waals surface area (Å²) in [5.74, 6) is 5.81.